The second-order valence-electron chi connectivity index (χ2n) is 6.89. The summed E-state index contributed by atoms with van der Waals surface area (Å²) in [6.45, 7) is 7.63. The molecule has 1 atom stereocenters. The van der Waals surface area contributed by atoms with Gasteiger partial charge in [-0.05, 0) is 31.2 Å². The molecule has 0 bridgehead atoms. The van der Waals surface area contributed by atoms with Crippen molar-refractivity contribution in [1.82, 2.24) is 19.7 Å². The number of aromatic nitrogens is 3. The predicted molar refractivity (Wildman–Crippen MR) is 93.5 cm³/mol. The molecule has 0 aliphatic carbocycles. The summed E-state index contributed by atoms with van der Waals surface area (Å²) >= 11 is 0. The van der Waals surface area contributed by atoms with Crippen LogP contribution in [0.1, 0.15) is 50.4 Å². The van der Waals surface area contributed by atoms with Gasteiger partial charge in [0.2, 0.25) is 5.91 Å². The Morgan fingerprint density at radius 3 is 2.58 bits per heavy atom. The van der Waals surface area contributed by atoms with Crippen LogP contribution in [0.3, 0.4) is 0 Å². The average Bonchev–Trinajstić information content (AvgIpc) is 2.98. The van der Waals surface area contributed by atoms with Crippen LogP contribution in [0.15, 0.2) is 30.3 Å². The zero-order valence-corrected chi connectivity index (χ0v) is 14.8. The molecular weight excluding hydrogens is 300 g/mol. The first-order valence-electron chi connectivity index (χ1n) is 8.85. The number of fused-ring (bicyclic) bond motifs is 1. The number of carbonyl (C=O) groups excluding carboxylic acids is 1. The first-order chi connectivity index (χ1) is 11.6. The van der Waals surface area contributed by atoms with Crippen LogP contribution in [-0.2, 0) is 24.2 Å². The van der Waals surface area contributed by atoms with Gasteiger partial charge in [-0.2, -0.15) is 0 Å². The van der Waals surface area contributed by atoms with E-state index in [1.54, 1.807) is 0 Å². The Hall–Kier alpha value is -2.17. The molecule has 1 aromatic heterocycles. The minimum Gasteiger partial charge on any atom is -0.334 e. The maximum Gasteiger partial charge on any atom is 0.246 e. The fourth-order valence-electron chi connectivity index (χ4n) is 3.39. The van der Waals surface area contributed by atoms with E-state index in [0.29, 0.717) is 12.5 Å². The van der Waals surface area contributed by atoms with E-state index in [-0.39, 0.29) is 11.9 Å². The van der Waals surface area contributed by atoms with Crippen molar-refractivity contribution >= 4 is 5.91 Å². The van der Waals surface area contributed by atoms with Gasteiger partial charge in [0, 0.05) is 13.0 Å². The summed E-state index contributed by atoms with van der Waals surface area (Å²) < 4.78 is 2.11. The summed E-state index contributed by atoms with van der Waals surface area (Å²) in [5.74, 6) is 2.52. The third-order valence-electron chi connectivity index (χ3n) is 4.63. The highest BCUT2D eigenvalue weighted by atomic mass is 16.2. The third-order valence-corrected chi connectivity index (χ3v) is 4.63. The van der Waals surface area contributed by atoms with Gasteiger partial charge in [-0.1, -0.05) is 44.2 Å². The lowest BCUT2D eigenvalue weighted by molar-refractivity contribution is -0.137. The summed E-state index contributed by atoms with van der Waals surface area (Å²) in [5, 5.41) is 8.79. The van der Waals surface area contributed by atoms with Gasteiger partial charge in [0.1, 0.15) is 11.9 Å². The van der Waals surface area contributed by atoms with Crippen molar-refractivity contribution < 1.29 is 4.79 Å². The predicted octanol–water partition coefficient (Wildman–Crippen LogP) is 3.01. The van der Waals surface area contributed by atoms with E-state index in [1.807, 2.05) is 17.9 Å². The Balaban J connectivity index is 1.86. The summed E-state index contributed by atoms with van der Waals surface area (Å²) in [5.41, 5.74) is 1.28. The van der Waals surface area contributed by atoms with Gasteiger partial charge >= 0.3 is 0 Å². The number of hydrogen-bond acceptors (Lipinski definition) is 3. The van der Waals surface area contributed by atoms with Crippen LogP contribution in [0.2, 0.25) is 0 Å². The first-order valence-corrected chi connectivity index (χ1v) is 8.85. The average molecular weight is 326 g/mol. The van der Waals surface area contributed by atoms with Crippen LogP contribution in [0.4, 0.5) is 0 Å². The maximum absolute atomic E-state index is 12.8. The molecule has 0 saturated carbocycles. The molecule has 1 aromatic carbocycles. The maximum atomic E-state index is 12.8. The highest BCUT2D eigenvalue weighted by molar-refractivity contribution is 5.81. The van der Waals surface area contributed by atoms with Gasteiger partial charge in [-0.25, -0.2) is 0 Å². The normalized spacial score (nSPS) is 17.4. The third kappa shape index (κ3) is 3.35. The molecule has 128 valence electrons. The summed E-state index contributed by atoms with van der Waals surface area (Å²) in [6.07, 6.45) is 2.56. The molecular formula is C19H26N4O. The topological polar surface area (TPSA) is 51.0 Å². The van der Waals surface area contributed by atoms with Crippen molar-refractivity contribution in [2.45, 2.75) is 52.6 Å². The van der Waals surface area contributed by atoms with Crippen LogP contribution in [0.5, 0.6) is 0 Å². The van der Waals surface area contributed by atoms with E-state index in [0.717, 1.165) is 37.5 Å². The molecule has 3 rings (SSSR count). The minimum absolute atomic E-state index is 0.158. The molecule has 5 nitrogen and oxygen atoms in total. The molecule has 1 aliphatic rings. The smallest absolute Gasteiger partial charge is 0.246 e. The number of benzene rings is 1. The lowest BCUT2D eigenvalue weighted by atomic mass is 10.00. The van der Waals surface area contributed by atoms with E-state index in [9.17, 15) is 4.79 Å². The molecule has 2 heterocycles. The Morgan fingerprint density at radius 1 is 1.17 bits per heavy atom. The van der Waals surface area contributed by atoms with E-state index in [2.05, 4.69) is 52.9 Å². The Labute approximate surface area is 143 Å². The Kier molecular flexibility index (Phi) is 4.97. The minimum atomic E-state index is -0.158. The molecule has 0 unspecified atom stereocenters. The molecule has 0 spiro atoms. The van der Waals surface area contributed by atoms with Crippen LogP contribution in [0.25, 0.3) is 0 Å². The zero-order valence-electron chi connectivity index (χ0n) is 14.8. The van der Waals surface area contributed by atoms with Gasteiger partial charge in [0.05, 0.1) is 6.54 Å². The molecule has 2 aromatic rings. The van der Waals surface area contributed by atoms with Crippen molar-refractivity contribution in [3.8, 4) is 0 Å². The SMILES string of the molecule is CCN1Cc2nnc(CCc3ccccc3)n2[C@@H](CC(C)C)C1=O. The van der Waals surface area contributed by atoms with Crippen LogP contribution in [-0.4, -0.2) is 32.1 Å². The number of likely N-dealkylation sites (N-methyl/N-ethyl adjacent to an activating group) is 1. The molecule has 24 heavy (non-hydrogen) atoms. The van der Waals surface area contributed by atoms with Crippen LogP contribution < -0.4 is 0 Å². The Bertz CT molecular complexity index is 693. The summed E-state index contributed by atoms with van der Waals surface area (Å²) in [4.78, 5) is 14.7. The number of hydrogen-bond donors (Lipinski definition) is 0. The molecule has 0 saturated heterocycles. The van der Waals surface area contributed by atoms with E-state index in [4.69, 9.17) is 0 Å². The lowest BCUT2D eigenvalue weighted by Gasteiger charge is -2.34. The van der Waals surface area contributed by atoms with E-state index < -0.39 is 0 Å². The fraction of sp³-hybridized carbons (Fsp3) is 0.526. The second-order valence-corrected chi connectivity index (χ2v) is 6.89. The van der Waals surface area contributed by atoms with Crippen molar-refractivity contribution in [3.05, 3.63) is 47.5 Å². The van der Waals surface area contributed by atoms with Crippen LogP contribution >= 0.6 is 0 Å². The number of nitrogens with zero attached hydrogens (tertiary/aromatic N) is 4. The molecule has 1 aliphatic heterocycles. The molecule has 0 fully saturated rings. The quantitative estimate of drug-likeness (QED) is 0.820. The monoisotopic (exact) mass is 326 g/mol. The van der Waals surface area contributed by atoms with Gasteiger partial charge in [0.25, 0.3) is 0 Å². The number of aryl methyl sites for hydroxylation is 2. The highest BCUT2D eigenvalue weighted by Crippen LogP contribution is 2.28. The summed E-state index contributed by atoms with van der Waals surface area (Å²) in [7, 11) is 0. The highest BCUT2D eigenvalue weighted by Gasteiger charge is 2.35. The molecule has 0 radical (unpaired) electrons. The van der Waals surface area contributed by atoms with Gasteiger partial charge in [-0.3, -0.25) is 4.79 Å². The number of amides is 1. The zero-order chi connectivity index (χ0) is 17.1. The van der Waals surface area contributed by atoms with Crippen molar-refractivity contribution in [1.29, 1.82) is 0 Å². The van der Waals surface area contributed by atoms with Gasteiger partial charge < -0.3 is 9.47 Å². The van der Waals surface area contributed by atoms with Gasteiger partial charge in [-0.15, -0.1) is 10.2 Å². The standard InChI is InChI=1S/C19H26N4O/c1-4-22-13-18-21-20-17(11-10-15-8-6-5-7-9-15)23(18)16(19(22)24)12-14(2)3/h5-9,14,16H,4,10-13H2,1-3H3/t16-/m0/s1. The molecule has 5 heteroatoms. The van der Waals surface area contributed by atoms with E-state index >= 15 is 0 Å². The lowest BCUT2D eigenvalue weighted by Crippen LogP contribution is -2.43. The van der Waals surface area contributed by atoms with Crippen LogP contribution in [0, 0.1) is 5.92 Å². The largest absolute Gasteiger partial charge is 0.334 e. The Morgan fingerprint density at radius 2 is 1.92 bits per heavy atom. The molecule has 1 amide bonds. The fourth-order valence-corrected chi connectivity index (χ4v) is 3.39. The van der Waals surface area contributed by atoms with Crippen molar-refractivity contribution in [3.63, 3.8) is 0 Å². The van der Waals surface area contributed by atoms with Gasteiger partial charge in [0.15, 0.2) is 5.82 Å². The second kappa shape index (κ2) is 7.16. The molecule has 0 N–H and O–H groups in total. The summed E-state index contributed by atoms with van der Waals surface area (Å²) in [6, 6.07) is 10.2. The van der Waals surface area contributed by atoms with Crippen molar-refractivity contribution in [2.75, 3.05) is 6.54 Å². The first kappa shape index (κ1) is 16.7. The van der Waals surface area contributed by atoms with E-state index in [1.165, 1.54) is 5.56 Å². The number of rotatable bonds is 6. The number of carbonyl (C=O) groups is 1. The van der Waals surface area contributed by atoms with Crippen molar-refractivity contribution in [2.24, 2.45) is 5.92 Å².